The van der Waals surface area contributed by atoms with Crippen LogP contribution in [0.2, 0.25) is 0 Å². The maximum atomic E-state index is 13.1. The number of likely N-dealkylation sites (tertiary alicyclic amines) is 1. The number of pyridine rings is 1. The summed E-state index contributed by atoms with van der Waals surface area (Å²) in [4.78, 5) is 20.9. The Hall–Kier alpha value is -2.43. The summed E-state index contributed by atoms with van der Waals surface area (Å²) in [7, 11) is 3.81. The molecular weight excluding hydrogens is 305 g/mol. The molecule has 1 aromatic heterocycles. The number of halogens is 1. The zero-order valence-corrected chi connectivity index (χ0v) is 14.1. The van der Waals surface area contributed by atoms with Crippen LogP contribution >= 0.6 is 0 Å². The molecular formula is C19H22FN3O. The smallest absolute Gasteiger partial charge is 0.254 e. The standard InChI is InChI=1S/C19H22FN3O/c1-22(2)18-12-15(9-10-21-18)19(24)23-11-3-4-16(13-23)14-5-7-17(20)8-6-14/h5-10,12,16H,3-4,11,13H2,1-2H3. The van der Waals surface area contributed by atoms with Gasteiger partial charge in [0, 0.05) is 44.9 Å². The number of rotatable bonds is 3. The molecule has 0 spiro atoms. The molecule has 1 fully saturated rings. The molecule has 4 nitrogen and oxygen atoms in total. The Morgan fingerprint density at radius 1 is 1.25 bits per heavy atom. The van der Waals surface area contributed by atoms with E-state index in [0.717, 1.165) is 30.8 Å². The normalized spacial score (nSPS) is 17.6. The highest BCUT2D eigenvalue weighted by molar-refractivity contribution is 5.95. The second-order valence-electron chi connectivity index (χ2n) is 6.44. The van der Waals surface area contributed by atoms with Crippen molar-refractivity contribution in [3.63, 3.8) is 0 Å². The van der Waals surface area contributed by atoms with Gasteiger partial charge in [-0.15, -0.1) is 0 Å². The van der Waals surface area contributed by atoms with Crippen molar-refractivity contribution >= 4 is 11.7 Å². The van der Waals surface area contributed by atoms with Crippen LogP contribution in [0.3, 0.4) is 0 Å². The van der Waals surface area contributed by atoms with Crippen LogP contribution in [0.4, 0.5) is 10.2 Å². The van der Waals surface area contributed by atoms with Gasteiger partial charge >= 0.3 is 0 Å². The van der Waals surface area contributed by atoms with Gasteiger partial charge in [0.1, 0.15) is 11.6 Å². The highest BCUT2D eigenvalue weighted by Gasteiger charge is 2.25. The van der Waals surface area contributed by atoms with Crippen LogP contribution in [0.5, 0.6) is 0 Å². The maximum Gasteiger partial charge on any atom is 0.254 e. The van der Waals surface area contributed by atoms with Crippen LogP contribution in [0, 0.1) is 5.82 Å². The lowest BCUT2D eigenvalue weighted by Crippen LogP contribution is -2.39. The highest BCUT2D eigenvalue weighted by Crippen LogP contribution is 2.28. The van der Waals surface area contributed by atoms with E-state index in [4.69, 9.17) is 0 Å². The van der Waals surface area contributed by atoms with E-state index in [1.807, 2.05) is 42.1 Å². The average Bonchev–Trinajstić information content (AvgIpc) is 2.62. The first-order chi connectivity index (χ1) is 11.5. The number of piperidine rings is 1. The first-order valence-electron chi connectivity index (χ1n) is 8.22. The lowest BCUT2D eigenvalue weighted by molar-refractivity contribution is 0.0707. The van der Waals surface area contributed by atoms with Crippen LogP contribution in [0.1, 0.15) is 34.7 Å². The van der Waals surface area contributed by atoms with Crippen molar-refractivity contribution in [2.24, 2.45) is 0 Å². The zero-order chi connectivity index (χ0) is 17.1. The number of amides is 1. The van der Waals surface area contributed by atoms with Gasteiger partial charge in [0.25, 0.3) is 5.91 Å². The molecule has 1 amide bonds. The largest absolute Gasteiger partial charge is 0.363 e. The van der Waals surface area contributed by atoms with Crippen molar-refractivity contribution in [3.8, 4) is 0 Å². The summed E-state index contributed by atoms with van der Waals surface area (Å²) in [6.07, 6.45) is 3.65. The Labute approximate surface area is 141 Å². The van der Waals surface area contributed by atoms with Crippen LogP contribution in [-0.2, 0) is 0 Å². The van der Waals surface area contributed by atoms with E-state index in [1.54, 1.807) is 12.3 Å². The summed E-state index contributed by atoms with van der Waals surface area (Å²) in [6, 6.07) is 10.2. The Morgan fingerprint density at radius 3 is 2.71 bits per heavy atom. The van der Waals surface area contributed by atoms with Crippen molar-refractivity contribution in [3.05, 3.63) is 59.5 Å². The Morgan fingerprint density at radius 2 is 2.00 bits per heavy atom. The molecule has 1 saturated heterocycles. The summed E-state index contributed by atoms with van der Waals surface area (Å²) in [5.41, 5.74) is 1.76. The quantitative estimate of drug-likeness (QED) is 0.868. The number of hydrogen-bond donors (Lipinski definition) is 0. The number of hydrogen-bond acceptors (Lipinski definition) is 3. The van der Waals surface area contributed by atoms with Crippen LogP contribution < -0.4 is 4.90 Å². The van der Waals surface area contributed by atoms with Crippen LogP contribution in [0.15, 0.2) is 42.6 Å². The lowest BCUT2D eigenvalue weighted by Gasteiger charge is -2.33. The van der Waals surface area contributed by atoms with Crippen molar-refractivity contribution in [2.45, 2.75) is 18.8 Å². The van der Waals surface area contributed by atoms with Gasteiger partial charge in [-0.1, -0.05) is 12.1 Å². The summed E-state index contributed by atoms with van der Waals surface area (Å²) < 4.78 is 13.1. The summed E-state index contributed by atoms with van der Waals surface area (Å²) in [5.74, 6) is 0.842. The third kappa shape index (κ3) is 3.55. The van der Waals surface area contributed by atoms with Gasteiger partial charge in [0.15, 0.2) is 0 Å². The predicted octanol–water partition coefficient (Wildman–Crippen LogP) is 3.31. The molecule has 1 aliphatic heterocycles. The number of carbonyl (C=O) groups excluding carboxylic acids is 1. The van der Waals surface area contributed by atoms with E-state index in [0.29, 0.717) is 12.1 Å². The lowest BCUT2D eigenvalue weighted by atomic mass is 9.90. The number of anilines is 1. The third-order valence-electron chi connectivity index (χ3n) is 4.50. The molecule has 0 N–H and O–H groups in total. The summed E-state index contributed by atoms with van der Waals surface area (Å²) in [6.45, 7) is 1.43. The van der Waals surface area contributed by atoms with Crippen LogP contribution in [0.25, 0.3) is 0 Å². The predicted molar refractivity (Wildman–Crippen MR) is 92.8 cm³/mol. The van der Waals surface area contributed by atoms with E-state index < -0.39 is 0 Å². The number of benzene rings is 1. The molecule has 0 saturated carbocycles. The second kappa shape index (κ2) is 6.99. The van der Waals surface area contributed by atoms with Gasteiger partial charge in [-0.3, -0.25) is 4.79 Å². The molecule has 2 heterocycles. The van der Waals surface area contributed by atoms with Gasteiger partial charge in [-0.25, -0.2) is 9.37 Å². The molecule has 1 aliphatic rings. The minimum atomic E-state index is -0.226. The SMILES string of the molecule is CN(C)c1cc(C(=O)N2CCCC(c3ccc(F)cc3)C2)ccn1. The fraction of sp³-hybridized carbons (Fsp3) is 0.368. The molecule has 0 bridgehead atoms. The van der Waals surface area contributed by atoms with Crippen molar-refractivity contribution in [1.82, 2.24) is 9.88 Å². The van der Waals surface area contributed by atoms with Gasteiger partial charge in [-0.05, 0) is 42.7 Å². The van der Waals surface area contributed by atoms with Gasteiger partial charge in [0.05, 0.1) is 0 Å². The molecule has 1 atom stereocenters. The molecule has 0 aliphatic carbocycles. The number of aromatic nitrogens is 1. The first-order valence-corrected chi connectivity index (χ1v) is 8.22. The van der Waals surface area contributed by atoms with Crippen LogP contribution in [-0.4, -0.2) is 43.0 Å². The van der Waals surface area contributed by atoms with E-state index in [1.165, 1.54) is 12.1 Å². The molecule has 1 unspecified atom stereocenters. The minimum absolute atomic E-state index is 0.0345. The molecule has 1 aromatic carbocycles. The topological polar surface area (TPSA) is 36.4 Å². The summed E-state index contributed by atoms with van der Waals surface area (Å²) in [5, 5.41) is 0. The van der Waals surface area contributed by atoms with Crippen molar-refractivity contribution in [1.29, 1.82) is 0 Å². The molecule has 5 heteroatoms. The van der Waals surface area contributed by atoms with Gasteiger partial charge in [-0.2, -0.15) is 0 Å². The Balaban J connectivity index is 1.75. The number of carbonyl (C=O) groups is 1. The molecule has 126 valence electrons. The zero-order valence-electron chi connectivity index (χ0n) is 14.1. The van der Waals surface area contributed by atoms with E-state index in [2.05, 4.69) is 4.98 Å². The monoisotopic (exact) mass is 327 g/mol. The van der Waals surface area contributed by atoms with Crippen molar-refractivity contribution in [2.75, 3.05) is 32.1 Å². The minimum Gasteiger partial charge on any atom is -0.363 e. The highest BCUT2D eigenvalue weighted by atomic mass is 19.1. The summed E-state index contributed by atoms with van der Waals surface area (Å²) >= 11 is 0. The van der Waals surface area contributed by atoms with E-state index in [-0.39, 0.29) is 17.6 Å². The third-order valence-corrected chi connectivity index (χ3v) is 4.50. The fourth-order valence-corrected chi connectivity index (χ4v) is 3.15. The fourth-order valence-electron chi connectivity index (χ4n) is 3.15. The van der Waals surface area contributed by atoms with E-state index >= 15 is 0 Å². The van der Waals surface area contributed by atoms with E-state index in [9.17, 15) is 9.18 Å². The molecule has 3 rings (SSSR count). The average molecular weight is 327 g/mol. The Bertz CT molecular complexity index is 715. The molecule has 24 heavy (non-hydrogen) atoms. The first kappa shape index (κ1) is 16.4. The van der Waals surface area contributed by atoms with Crippen molar-refractivity contribution < 1.29 is 9.18 Å². The molecule has 2 aromatic rings. The maximum absolute atomic E-state index is 13.1. The Kier molecular flexibility index (Phi) is 4.79. The molecule has 0 radical (unpaired) electrons. The van der Waals surface area contributed by atoms with Gasteiger partial charge in [0.2, 0.25) is 0 Å². The van der Waals surface area contributed by atoms with Gasteiger partial charge < -0.3 is 9.80 Å². The number of nitrogens with zero attached hydrogens (tertiary/aromatic N) is 3. The second-order valence-corrected chi connectivity index (χ2v) is 6.44.